The minimum atomic E-state index is 0.219. The summed E-state index contributed by atoms with van der Waals surface area (Å²) < 4.78 is 0. The van der Waals surface area contributed by atoms with Crippen LogP contribution in [0.1, 0.15) is 48.8 Å². The van der Waals surface area contributed by atoms with Gasteiger partial charge in [-0.1, -0.05) is 54.6 Å². The largest absolute Gasteiger partial charge is 0.356 e. The van der Waals surface area contributed by atoms with Gasteiger partial charge in [0.05, 0.1) is 0 Å². The average molecular weight is 475 g/mol. The standard InChI is InChI=1S/C30H42N4O/c35-30(31-15-7-16-33-17-14-26-10-4-5-11-27(26)22-33)13-6-12-29-28-18-25(19-32-29)21-34(23-28)20-24-8-2-1-3-9-24/h1-5,8-11,25,28-29,32H,6-7,12-23H2,(H,31,35)/t25-,28-,29-/m1/s1. The van der Waals surface area contributed by atoms with Crippen LogP contribution in [0.25, 0.3) is 0 Å². The van der Waals surface area contributed by atoms with Crippen molar-refractivity contribution in [2.45, 2.75) is 57.7 Å². The van der Waals surface area contributed by atoms with E-state index in [9.17, 15) is 4.79 Å². The van der Waals surface area contributed by atoms with Gasteiger partial charge >= 0.3 is 0 Å². The third-order valence-electron chi connectivity index (χ3n) is 8.23. The van der Waals surface area contributed by atoms with Gasteiger partial charge in [0, 0.05) is 58.3 Å². The summed E-state index contributed by atoms with van der Waals surface area (Å²) in [6.45, 7) is 8.59. The molecule has 2 aromatic carbocycles. The van der Waals surface area contributed by atoms with E-state index in [1.807, 2.05) is 0 Å². The van der Waals surface area contributed by atoms with Crippen molar-refractivity contribution in [2.75, 3.05) is 39.3 Å². The minimum absolute atomic E-state index is 0.219. The van der Waals surface area contributed by atoms with E-state index in [1.54, 1.807) is 0 Å². The number of nitrogens with zero attached hydrogens (tertiary/aromatic N) is 2. The van der Waals surface area contributed by atoms with E-state index in [0.717, 1.165) is 70.9 Å². The molecule has 2 aromatic rings. The highest BCUT2D eigenvalue weighted by atomic mass is 16.1. The molecule has 0 saturated carbocycles. The molecule has 2 bridgehead atoms. The molecule has 2 N–H and O–H groups in total. The fourth-order valence-electron chi connectivity index (χ4n) is 6.43. The average Bonchev–Trinajstić information content (AvgIpc) is 2.88. The Morgan fingerprint density at radius 2 is 1.80 bits per heavy atom. The fourth-order valence-corrected chi connectivity index (χ4v) is 6.43. The highest BCUT2D eigenvalue weighted by molar-refractivity contribution is 5.75. The molecule has 5 heteroatoms. The third-order valence-corrected chi connectivity index (χ3v) is 8.23. The summed E-state index contributed by atoms with van der Waals surface area (Å²) in [6, 6.07) is 20.2. The van der Waals surface area contributed by atoms with Crippen molar-refractivity contribution < 1.29 is 4.79 Å². The van der Waals surface area contributed by atoms with Crippen LogP contribution in [0.2, 0.25) is 0 Å². The number of nitrogens with one attached hydrogen (secondary N) is 2. The number of piperidine rings is 2. The van der Waals surface area contributed by atoms with Crippen molar-refractivity contribution >= 4 is 5.91 Å². The maximum absolute atomic E-state index is 12.4. The number of carbonyl (C=O) groups is 1. The molecule has 35 heavy (non-hydrogen) atoms. The van der Waals surface area contributed by atoms with E-state index in [-0.39, 0.29) is 5.91 Å². The number of carbonyl (C=O) groups excluding carboxylic acids is 1. The molecule has 0 spiro atoms. The number of rotatable bonds is 10. The first-order chi connectivity index (χ1) is 17.2. The Kier molecular flexibility index (Phi) is 8.50. The van der Waals surface area contributed by atoms with Gasteiger partial charge in [0.25, 0.3) is 0 Å². The SMILES string of the molecule is O=C(CCC[C@H]1NC[C@H]2C[C@@H]1CN(Cc1ccccc1)C2)NCCCN1CCc2ccccc2C1. The molecule has 0 unspecified atom stereocenters. The first-order valence-corrected chi connectivity index (χ1v) is 13.8. The molecule has 0 radical (unpaired) electrons. The number of hydrogen-bond donors (Lipinski definition) is 2. The number of benzene rings is 2. The Morgan fingerprint density at radius 3 is 2.69 bits per heavy atom. The number of hydrogen-bond acceptors (Lipinski definition) is 4. The molecule has 3 heterocycles. The first-order valence-electron chi connectivity index (χ1n) is 13.8. The molecule has 3 aliphatic rings. The maximum Gasteiger partial charge on any atom is 0.219 e. The molecule has 2 saturated heterocycles. The zero-order chi connectivity index (χ0) is 23.9. The summed E-state index contributed by atoms with van der Waals surface area (Å²) in [7, 11) is 0. The number of fused-ring (bicyclic) bond motifs is 3. The van der Waals surface area contributed by atoms with Gasteiger partial charge < -0.3 is 10.6 Å². The Morgan fingerprint density at radius 1 is 0.971 bits per heavy atom. The second-order valence-electron chi connectivity index (χ2n) is 10.9. The molecule has 5 nitrogen and oxygen atoms in total. The molecule has 0 aliphatic carbocycles. The zero-order valence-electron chi connectivity index (χ0n) is 21.1. The Bertz CT molecular complexity index is 948. The van der Waals surface area contributed by atoms with Crippen LogP contribution < -0.4 is 10.6 Å². The summed E-state index contributed by atoms with van der Waals surface area (Å²) in [5.74, 6) is 1.70. The van der Waals surface area contributed by atoms with Gasteiger partial charge in [-0.05, 0) is 67.2 Å². The van der Waals surface area contributed by atoms with Crippen LogP contribution >= 0.6 is 0 Å². The van der Waals surface area contributed by atoms with Gasteiger partial charge in [0.1, 0.15) is 0 Å². The van der Waals surface area contributed by atoms with Crippen molar-refractivity contribution in [3.8, 4) is 0 Å². The van der Waals surface area contributed by atoms with Crippen LogP contribution in [-0.2, 0) is 24.3 Å². The summed E-state index contributed by atoms with van der Waals surface area (Å²) in [5.41, 5.74) is 4.38. The van der Waals surface area contributed by atoms with Gasteiger partial charge in [-0.2, -0.15) is 0 Å². The normalized spacial score (nSPS) is 24.6. The van der Waals surface area contributed by atoms with Crippen LogP contribution in [0, 0.1) is 11.8 Å². The van der Waals surface area contributed by atoms with E-state index in [1.165, 1.54) is 36.2 Å². The fraction of sp³-hybridized carbons (Fsp3) is 0.567. The number of likely N-dealkylation sites (tertiary alicyclic amines) is 1. The molecular formula is C30H42N4O. The van der Waals surface area contributed by atoms with Gasteiger partial charge in [0.15, 0.2) is 0 Å². The lowest BCUT2D eigenvalue weighted by Gasteiger charge is -2.46. The van der Waals surface area contributed by atoms with E-state index >= 15 is 0 Å². The second kappa shape index (κ2) is 12.2. The van der Waals surface area contributed by atoms with Gasteiger partial charge in [-0.25, -0.2) is 0 Å². The van der Waals surface area contributed by atoms with E-state index in [4.69, 9.17) is 0 Å². The van der Waals surface area contributed by atoms with E-state index in [2.05, 4.69) is 75.0 Å². The van der Waals surface area contributed by atoms with Gasteiger partial charge in [-0.15, -0.1) is 0 Å². The second-order valence-corrected chi connectivity index (χ2v) is 10.9. The van der Waals surface area contributed by atoms with Crippen molar-refractivity contribution in [1.82, 2.24) is 20.4 Å². The first kappa shape index (κ1) is 24.5. The Labute approximate surface area is 211 Å². The summed E-state index contributed by atoms with van der Waals surface area (Å²) in [5, 5.41) is 6.97. The van der Waals surface area contributed by atoms with Gasteiger partial charge in [-0.3, -0.25) is 14.6 Å². The topological polar surface area (TPSA) is 47.6 Å². The molecule has 1 amide bonds. The quantitative estimate of drug-likeness (QED) is 0.514. The maximum atomic E-state index is 12.4. The highest BCUT2D eigenvalue weighted by Gasteiger charge is 2.36. The monoisotopic (exact) mass is 474 g/mol. The van der Waals surface area contributed by atoms with Crippen LogP contribution in [0.15, 0.2) is 54.6 Å². The van der Waals surface area contributed by atoms with Crippen LogP contribution in [-0.4, -0.2) is 61.0 Å². The van der Waals surface area contributed by atoms with Crippen molar-refractivity contribution in [3.63, 3.8) is 0 Å². The Hall–Kier alpha value is -2.21. The van der Waals surface area contributed by atoms with Crippen LogP contribution in [0.4, 0.5) is 0 Å². The van der Waals surface area contributed by atoms with Crippen molar-refractivity contribution in [1.29, 1.82) is 0 Å². The summed E-state index contributed by atoms with van der Waals surface area (Å²) >= 11 is 0. The predicted molar refractivity (Wildman–Crippen MR) is 142 cm³/mol. The van der Waals surface area contributed by atoms with Crippen LogP contribution in [0.5, 0.6) is 0 Å². The lowest BCUT2D eigenvalue weighted by molar-refractivity contribution is -0.121. The van der Waals surface area contributed by atoms with Crippen molar-refractivity contribution in [2.24, 2.45) is 11.8 Å². The highest BCUT2D eigenvalue weighted by Crippen LogP contribution is 2.31. The predicted octanol–water partition coefficient (Wildman–Crippen LogP) is 3.83. The molecule has 3 atom stereocenters. The molecule has 5 rings (SSSR count). The summed E-state index contributed by atoms with van der Waals surface area (Å²) in [4.78, 5) is 17.6. The van der Waals surface area contributed by atoms with E-state index < -0.39 is 0 Å². The molecule has 3 aliphatic heterocycles. The molecule has 2 fully saturated rings. The third kappa shape index (κ3) is 6.93. The number of amides is 1. The lowest BCUT2D eigenvalue weighted by atomic mass is 9.79. The smallest absolute Gasteiger partial charge is 0.219 e. The zero-order valence-corrected chi connectivity index (χ0v) is 21.1. The van der Waals surface area contributed by atoms with Crippen molar-refractivity contribution in [3.05, 3.63) is 71.3 Å². The van der Waals surface area contributed by atoms with E-state index in [0.29, 0.717) is 18.4 Å². The Balaban J connectivity index is 0.963. The molecule has 0 aromatic heterocycles. The van der Waals surface area contributed by atoms with Crippen LogP contribution in [0.3, 0.4) is 0 Å². The van der Waals surface area contributed by atoms with Gasteiger partial charge in [0.2, 0.25) is 5.91 Å². The molecule has 188 valence electrons. The molecular weight excluding hydrogens is 432 g/mol. The lowest BCUT2D eigenvalue weighted by Crippen LogP contribution is -2.55. The summed E-state index contributed by atoms with van der Waals surface area (Å²) in [6.07, 6.45) is 6.25. The minimum Gasteiger partial charge on any atom is -0.356 e.